The molecule has 0 heterocycles. The van der Waals surface area contributed by atoms with E-state index in [0.717, 1.165) is 22.3 Å². The Kier molecular flexibility index (Phi) is 5.04. The molecule has 1 atom stereocenters. The van der Waals surface area contributed by atoms with Crippen molar-refractivity contribution in [1.82, 2.24) is 5.32 Å². The average molecular weight is 365 g/mol. The van der Waals surface area contributed by atoms with E-state index >= 15 is 0 Å². The minimum Gasteiger partial charge on any atom is -0.481 e. The molecule has 0 fully saturated rings. The van der Waals surface area contributed by atoms with Gasteiger partial charge in [-0.05, 0) is 36.1 Å². The van der Waals surface area contributed by atoms with Crippen LogP contribution in [0.25, 0.3) is 11.1 Å². The van der Waals surface area contributed by atoms with Gasteiger partial charge in [0.15, 0.2) is 0 Å². The number of amides is 1. The summed E-state index contributed by atoms with van der Waals surface area (Å²) < 4.78 is 5.48. The largest absolute Gasteiger partial charge is 0.481 e. The lowest BCUT2D eigenvalue weighted by atomic mass is 9.90. The number of nitrogens with one attached hydrogen (secondary N) is 1. The van der Waals surface area contributed by atoms with Crippen molar-refractivity contribution in [1.29, 1.82) is 0 Å². The van der Waals surface area contributed by atoms with Crippen LogP contribution in [0.15, 0.2) is 60.7 Å². The molecule has 2 aromatic rings. The van der Waals surface area contributed by atoms with E-state index < -0.39 is 17.6 Å². The Labute approximate surface area is 158 Å². The second-order valence-electron chi connectivity index (χ2n) is 7.13. The van der Waals surface area contributed by atoms with Crippen LogP contribution in [-0.2, 0) is 9.53 Å². The molecule has 0 unspecified atom stereocenters. The Bertz CT molecular complexity index is 859. The number of carboxylic acid groups (broad SMARTS) is 1. The fourth-order valence-electron chi connectivity index (χ4n) is 3.46. The number of benzene rings is 2. The molecule has 0 saturated heterocycles. The third kappa shape index (κ3) is 3.72. The molecule has 27 heavy (non-hydrogen) atoms. The second-order valence-corrected chi connectivity index (χ2v) is 7.13. The van der Waals surface area contributed by atoms with Crippen LogP contribution in [0.3, 0.4) is 0 Å². The summed E-state index contributed by atoms with van der Waals surface area (Å²) in [5.74, 6) is -1.06. The molecule has 0 aliphatic heterocycles. The minimum absolute atomic E-state index is 0.0429. The molecule has 1 aliphatic rings. The summed E-state index contributed by atoms with van der Waals surface area (Å²) in [5.41, 5.74) is 4.05. The number of alkyl carbamates (subject to hydrolysis) is 1. The quantitative estimate of drug-likeness (QED) is 0.747. The first kappa shape index (κ1) is 18.7. The molecular weight excluding hydrogens is 342 g/mol. The van der Waals surface area contributed by atoms with Gasteiger partial charge in [0.1, 0.15) is 6.61 Å². The first-order valence-corrected chi connectivity index (χ1v) is 8.83. The van der Waals surface area contributed by atoms with Gasteiger partial charge in [-0.15, -0.1) is 0 Å². The third-order valence-electron chi connectivity index (χ3n) is 5.17. The highest BCUT2D eigenvalue weighted by Gasteiger charge is 2.33. The zero-order valence-corrected chi connectivity index (χ0v) is 15.5. The summed E-state index contributed by atoms with van der Waals surface area (Å²) in [7, 11) is 0. The lowest BCUT2D eigenvalue weighted by Gasteiger charge is -2.29. The van der Waals surface area contributed by atoms with Crippen LogP contribution in [0.5, 0.6) is 0 Å². The molecule has 5 nitrogen and oxygen atoms in total. The summed E-state index contributed by atoms with van der Waals surface area (Å²) in [5, 5.41) is 11.8. The fourth-order valence-corrected chi connectivity index (χ4v) is 3.46. The van der Waals surface area contributed by atoms with Gasteiger partial charge in [-0.1, -0.05) is 60.7 Å². The van der Waals surface area contributed by atoms with Crippen molar-refractivity contribution in [2.45, 2.75) is 31.7 Å². The van der Waals surface area contributed by atoms with Gasteiger partial charge in [0.05, 0.1) is 12.0 Å². The van der Waals surface area contributed by atoms with Gasteiger partial charge in [-0.25, -0.2) is 4.79 Å². The number of rotatable bonds is 6. The van der Waals surface area contributed by atoms with E-state index in [2.05, 4.69) is 24.0 Å². The van der Waals surface area contributed by atoms with Gasteiger partial charge in [0.25, 0.3) is 0 Å². The first-order chi connectivity index (χ1) is 12.8. The topological polar surface area (TPSA) is 75.6 Å². The number of carbonyl (C=O) groups is 2. The van der Waals surface area contributed by atoms with E-state index in [4.69, 9.17) is 9.84 Å². The molecule has 0 saturated carbocycles. The molecule has 2 N–H and O–H groups in total. The Morgan fingerprint density at radius 2 is 1.63 bits per heavy atom. The van der Waals surface area contributed by atoms with Crippen molar-refractivity contribution in [3.05, 3.63) is 71.8 Å². The molecule has 140 valence electrons. The standard InChI is InChI=1S/C22H23NO4/c1-14(2)22(3,12-20(24)25)23-21(26)27-13-19-17-10-6-4-8-15(17)16-9-5-7-11-18(16)19/h4-11,19H,1,12-13H2,2-3H3,(H,23,26)(H,24,25)/t22-/m0/s1. The van der Waals surface area contributed by atoms with E-state index in [-0.39, 0.29) is 18.9 Å². The summed E-state index contributed by atoms with van der Waals surface area (Å²) in [6, 6.07) is 16.2. The van der Waals surface area contributed by atoms with E-state index in [1.165, 1.54) is 0 Å². The molecule has 0 spiro atoms. The molecule has 2 aromatic carbocycles. The zero-order chi connectivity index (χ0) is 19.6. The highest BCUT2D eigenvalue weighted by molar-refractivity contribution is 5.79. The van der Waals surface area contributed by atoms with E-state index in [1.54, 1.807) is 13.8 Å². The predicted octanol–water partition coefficient (Wildman–Crippen LogP) is 4.33. The van der Waals surface area contributed by atoms with E-state index in [0.29, 0.717) is 5.57 Å². The van der Waals surface area contributed by atoms with Gasteiger partial charge in [-0.2, -0.15) is 0 Å². The molecule has 0 bridgehead atoms. The summed E-state index contributed by atoms with van der Waals surface area (Å²) in [6.07, 6.45) is -0.907. The highest BCUT2D eigenvalue weighted by atomic mass is 16.5. The fraction of sp³-hybridized carbons (Fsp3) is 0.273. The maximum absolute atomic E-state index is 12.4. The van der Waals surface area contributed by atoms with Gasteiger partial charge in [0, 0.05) is 5.92 Å². The van der Waals surface area contributed by atoms with E-state index in [1.807, 2.05) is 36.4 Å². The molecule has 3 rings (SSSR count). The summed E-state index contributed by atoms with van der Waals surface area (Å²) in [4.78, 5) is 23.5. The van der Waals surface area contributed by atoms with Crippen LogP contribution in [0.1, 0.15) is 37.3 Å². The van der Waals surface area contributed by atoms with Crippen molar-refractivity contribution in [3.8, 4) is 11.1 Å². The number of hydrogen-bond donors (Lipinski definition) is 2. The van der Waals surface area contributed by atoms with Gasteiger partial charge in [0.2, 0.25) is 0 Å². The molecule has 1 aliphatic carbocycles. The minimum atomic E-state index is -1.06. The van der Waals surface area contributed by atoms with Crippen molar-refractivity contribution in [2.75, 3.05) is 6.61 Å². The van der Waals surface area contributed by atoms with Crippen LogP contribution in [0.4, 0.5) is 4.79 Å². The number of fused-ring (bicyclic) bond motifs is 3. The van der Waals surface area contributed by atoms with Crippen molar-refractivity contribution in [3.63, 3.8) is 0 Å². The van der Waals surface area contributed by atoms with E-state index in [9.17, 15) is 9.59 Å². The van der Waals surface area contributed by atoms with Crippen LogP contribution in [-0.4, -0.2) is 29.3 Å². The number of hydrogen-bond acceptors (Lipinski definition) is 3. The molecule has 5 heteroatoms. The lowest BCUT2D eigenvalue weighted by Crippen LogP contribution is -2.48. The zero-order valence-electron chi connectivity index (χ0n) is 15.5. The predicted molar refractivity (Wildman–Crippen MR) is 104 cm³/mol. The Morgan fingerprint density at radius 1 is 1.11 bits per heavy atom. The molecule has 0 aromatic heterocycles. The third-order valence-corrected chi connectivity index (χ3v) is 5.17. The average Bonchev–Trinajstić information content (AvgIpc) is 2.93. The van der Waals surface area contributed by atoms with Crippen molar-refractivity contribution >= 4 is 12.1 Å². The summed E-state index contributed by atoms with van der Waals surface area (Å²) >= 11 is 0. The number of ether oxygens (including phenoxy) is 1. The van der Waals surface area contributed by atoms with Crippen LogP contribution < -0.4 is 5.32 Å². The smallest absolute Gasteiger partial charge is 0.407 e. The normalized spacial score (nSPS) is 14.6. The van der Waals surface area contributed by atoms with Crippen LogP contribution in [0.2, 0.25) is 0 Å². The van der Waals surface area contributed by atoms with Gasteiger partial charge >= 0.3 is 12.1 Å². The Balaban J connectivity index is 1.74. The second kappa shape index (κ2) is 7.27. The highest BCUT2D eigenvalue weighted by Crippen LogP contribution is 2.44. The van der Waals surface area contributed by atoms with Crippen molar-refractivity contribution < 1.29 is 19.4 Å². The first-order valence-electron chi connectivity index (χ1n) is 8.83. The lowest BCUT2D eigenvalue weighted by molar-refractivity contribution is -0.138. The number of aliphatic carboxylic acids is 1. The van der Waals surface area contributed by atoms with Gasteiger partial charge < -0.3 is 15.2 Å². The van der Waals surface area contributed by atoms with Crippen LogP contribution in [0, 0.1) is 0 Å². The van der Waals surface area contributed by atoms with Crippen LogP contribution >= 0.6 is 0 Å². The Morgan fingerprint density at radius 3 is 2.11 bits per heavy atom. The monoisotopic (exact) mass is 365 g/mol. The molecule has 1 amide bonds. The maximum atomic E-state index is 12.4. The SMILES string of the molecule is C=C(C)[C@](C)(CC(=O)O)NC(=O)OCC1c2ccccc2-c2ccccc21. The maximum Gasteiger partial charge on any atom is 0.407 e. The number of carbonyl (C=O) groups excluding carboxylic acids is 1. The van der Waals surface area contributed by atoms with Gasteiger partial charge in [-0.3, -0.25) is 4.79 Å². The summed E-state index contributed by atoms with van der Waals surface area (Å²) in [6.45, 7) is 7.29. The number of carboxylic acids is 1. The Hall–Kier alpha value is -3.08. The molecule has 0 radical (unpaired) electrons. The molecular formula is C22H23NO4. The van der Waals surface area contributed by atoms with Crippen molar-refractivity contribution in [2.24, 2.45) is 0 Å².